The molecular weight excluding hydrogens is 350 g/mol. The molecule has 2 heterocycles. The van der Waals surface area contributed by atoms with Gasteiger partial charge in [-0.25, -0.2) is 0 Å². The van der Waals surface area contributed by atoms with Crippen molar-refractivity contribution in [2.24, 2.45) is 0 Å². The first-order chi connectivity index (χ1) is 13.6. The number of nitrogens with zero attached hydrogens (tertiary/aromatic N) is 1. The van der Waals surface area contributed by atoms with E-state index >= 15 is 0 Å². The zero-order valence-corrected chi connectivity index (χ0v) is 16.9. The maximum Gasteiger partial charge on any atom is 0.234 e. The molecule has 4 rings (SSSR count). The molecule has 148 valence electrons. The van der Waals surface area contributed by atoms with E-state index in [4.69, 9.17) is 4.74 Å². The molecule has 3 atom stereocenters. The number of methoxy groups -OCH3 is 1. The quantitative estimate of drug-likeness (QED) is 0.836. The number of hydrogen-bond acceptors (Lipinski definition) is 4. The average Bonchev–Trinajstić information content (AvgIpc) is 2.96. The number of carbonyl (C=O) groups is 1. The van der Waals surface area contributed by atoms with Crippen LogP contribution in [0.15, 0.2) is 42.5 Å². The van der Waals surface area contributed by atoms with Gasteiger partial charge in [0.05, 0.1) is 18.7 Å². The molecule has 2 aliphatic rings. The Morgan fingerprint density at radius 3 is 2.79 bits per heavy atom. The smallest absolute Gasteiger partial charge is 0.234 e. The molecular formula is C23H29N3O2. The average molecular weight is 380 g/mol. The molecule has 2 N–H and O–H groups in total. The fraction of sp³-hybridized carbons (Fsp3) is 0.435. The van der Waals surface area contributed by atoms with Gasteiger partial charge in [-0.3, -0.25) is 4.79 Å². The monoisotopic (exact) mass is 379 g/mol. The third-order valence-electron chi connectivity index (χ3n) is 6.13. The van der Waals surface area contributed by atoms with E-state index in [2.05, 4.69) is 47.0 Å². The van der Waals surface area contributed by atoms with Crippen molar-refractivity contribution in [3.05, 3.63) is 59.2 Å². The second kappa shape index (κ2) is 7.94. The Balaban J connectivity index is 1.55. The summed E-state index contributed by atoms with van der Waals surface area (Å²) in [6, 6.07) is 15.4. The van der Waals surface area contributed by atoms with Crippen molar-refractivity contribution < 1.29 is 9.53 Å². The molecule has 1 fully saturated rings. The summed E-state index contributed by atoms with van der Waals surface area (Å²) in [6.07, 6.45) is 2.30. The minimum Gasteiger partial charge on any atom is -0.496 e. The van der Waals surface area contributed by atoms with E-state index in [-0.39, 0.29) is 11.8 Å². The molecule has 28 heavy (non-hydrogen) atoms. The van der Waals surface area contributed by atoms with E-state index in [9.17, 15) is 4.79 Å². The predicted molar refractivity (Wildman–Crippen MR) is 112 cm³/mol. The normalized spacial score (nSPS) is 24.3. The van der Waals surface area contributed by atoms with Gasteiger partial charge in [0.25, 0.3) is 0 Å². The molecule has 0 bridgehead atoms. The maximum atomic E-state index is 12.3. The summed E-state index contributed by atoms with van der Waals surface area (Å²) >= 11 is 0. The minimum atomic E-state index is -0.0990. The van der Waals surface area contributed by atoms with E-state index in [0.29, 0.717) is 12.1 Å². The molecule has 1 amide bonds. The van der Waals surface area contributed by atoms with Crippen molar-refractivity contribution in [2.45, 2.75) is 44.3 Å². The molecule has 3 unspecified atom stereocenters. The van der Waals surface area contributed by atoms with Crippen molar-refractivity contribution in [1.29, 1.82) is 0 Å². The van der Waals surface area contributed by atoms with Gasteiger partial charge in [0.1, 0.15) is 5.75 Å². The number of nitrogens with one attached hydrogen (secondary N) is 2. The lowest BCUT2D eigenvalue weighted by molar-refractivity contribution is -0.118. The number of amides is 1. The fourth-order valence-electron chi connectivity index (χ4n) is 4.50. The highest BCUT2D eigenvalue weighted by Gasteiger charge is 2.33. The number of benzene rings is 2. The number of piperidine rings is 1. The second-order valence-electron chi connectivity index (χ2n) is 7.81. The van der Waals surface area contributed by atoms with Gasteiger partial charge in [-0.05, 0) is 43.5 Å². The highest BCUT2D eigenvalue weighted by molar-refractivity contribution is 6.04. The Morgan fingerprint density at radius 2 is 2.04 bits per heavy atom. The maximum absolute atomic E-state index is 12.3. The van der Waals surface area contributed by atoms with E-state index in [1.807, 2.05) is 20.0 Å². The molecule has 0 aliphatic carbocycles. The largest absolute Gasteiger partial charge is 0.496 e. The minimum absolute atomic E-state index is 0.0990. The Hall–Kier alpha value is -2.37. The fourth-order valence-corrected chi connectivity index (χ4v) is 4.50. The highest BCUT2D eigenvalue weighted by Crippen LogP contribution is 2.40. The van der Waals surface area contributed by atoms with E-state index in [1.165, 1.54) is 12.0 Å². The number of anilines is 1. The zero-order valence-electron chi connectivity index (χ0n) is 16.9. The van der Waals surface area contributed by atoms with Crippen LogP contribution < -0.4 is 20.3 Å². The standard InChI is InChI=1S/C23H29N3O2/c1-15-18-12-17(21(28-3)13-20(18)26(2)23(15)27)14-25-19-10-7-11-24-22(19)16-8-5-4-6-9-16/h4-6,8-9,12-13,15,19,22,24-25H,7,10-11,14H2,1-3H3. The first-order valence-corrected chi connectivity index (χ1v) is 10.1. The van der Waals surface area contributed by atoms with Gasteiger partial charge in [-0.2, -0.15) is 0 Å². The van der Waals surface area contributed by atoms with Crippen LogP contribution in [-0.2, 0) is 11.3 Å². The molecule has 2 aliphatic heterocycles. The molecule has 0 aromatic heterocycles. The summed E-state index contributed by atoms with van der Waals surface area (Å²) in [5, 5.41) is 7.41. The van der Waals surface area contributed by atoms with Crippen LogP contribution in [0.3, 0.4) is 0 Å². The lowest BCUT2D eigenvalue weighted by Crippen LogP contribution is -2.45. The van der Waals surface area contributed by atoms with Crippen LogP contribution in [0, 0.1) is 0 Å². The van der Waals surface area contributed by atoms with Crippen molar-refractivity contribution in [2.75, 3.05) is 25.6 Å². The predicted octanol–water partition coefficient (Wildman–Crippen LogP) is 3.36. The van der Waals surface area contributed by atoms with E-state index in [1.54, 1.807) is 12.0 Å². The summed E-state index contributed by atoms with van der Waals surface area (Å²) in [5.74, 6) is 0.876. The third-order valence-corrected chi connectivity index (χ3v) is 6.13. The van der Waals surface area contributed by atoms with Gasteiger partial charge < -0.3 is 20.3 Å². The van der Waals surface area contributed by atoms with Crippen molar-refractivity contribution >= 4 is 11.6 Å². The van der Waals surface area contributed by atoms with Crippen molar-refractivity contribution in [3.63, 3.8) is 0 Å². The summed E-state index contributed by atoms with van der Waals surface area (Å²) in [5.41, 5.74) is 4.47. The Bertz CT molecular complexity index is 852. The number of fused-ring (bicyclic) bond motifs is 1. The zero-order chi connectivity index (χ0) is 19.7. The van der Waals surface area contributed by atoms with E-state index < -0.39 is 0 Å². The Morgan fingerprint density at radius 1 is 1.25 bits per heavy atom. The lowest BCUT2D eigenvalue weighted by atomic mass is 9.92. The number of carbonyl (C=O) groups excluding carboxylic acids is 1. The van der Waals surface area contributed by atoms with Crippen LogP contribution in [0.1, 0.15) is 48.4 Å². The van der Waals surface area contributed by atoms with Crippen molar-refractivity contribution in [3.8, 4) is 5.75 Å². The summed E-state index contributed by atoms with van der Waals surface area (Å²) in [7, 11) is 3.53. The van der Waals surface area contributed by atoms with Gasteiger partial charge in [-0.1, -0.05) is 30.3 Å². The summed E-state index contributed by atoms with van der Waals surface area (Å²) in [4.78, 5) is 14.1. The summed E-state index contributed by atoms with van der Waals surface area (Å²) in [6.45, 7) is 3.74. The molecule has 2 aromatic carbocycles. The first kappa shape index (κ1) is 19.0. The van der Waals surface area contributed by atoms with Crippen LogP contribution in [0.2, 0.25) is 0 Å². The molecule has 5 heteroatoms. The van der Waals surface area contributed by atoms with Crippen molar-refractivity contribution in [1.82, 2.24) is 10.6 Å². The molecule has 0 spiro atoms. The van der Waals surface area contributed by atoms with Crippen LogP contribution in [0.25, 0.3) is 0 Å². The number of rotatable bonds is 5. The van der Waals surface area contributed by atoms with Crippen LogP contribution >= 0.6 is 0 Å². The molecule has 5 nitrogen and oxygen atoms in total. The SMILES string of the molecule is COc1cc2c(cc1CNC1CCCNC1c1ccccc1)C(C)C(=O)N2C. The molecule has 1 saturated heterocycles. The van der Waals surface area contributed by atoms with Crippen LogP contribution in [-0.4, -0.2) is 32.7 Å². The molecule has 0 radical (unpaired) electrons. The Kier molecular flexibility index (Phi) is 5.38. The first-order valence-electron chi connectivity index (χ1n) is 10.1. The lowest BCUT2D eigenvalue weighted by Gasteiger charge is -2.34. The number of hydrogen-bond donors (Lipinski definition) is 2. The molecule has 0 saturated carbocycles. The van der Waals surface area contributed by atoms with E-state index in [0.717, 1.165) is 42.1 Å². The van der Waals surface area contributed by atoms with Gasteiger partial charge >= 0.3 is 0 Å². The highest BCUT2D eigenvalue weighted by atomic mass is 16.5. The van der Waals surface area contributed by atoms with Crippen LogP contribution in [0.5, 0.6) is 5.75 Å². The van der Waals surface area contributed by atoms with Gasteiger partial charge in [0.15, 0.2) is 0 Å². The van der Waals surface area contributed by atoms with Gasteiger partial charge in [-0.15, -0.1) is 0 Å². The Labute approximate surface area is 167 Å². The van der Waals surface area contributed by atoms with Gasteiger partial charge in [0, 0.05) is 37.3 Å². The molecule has 2 aromatic rings. The summed E-state index contributed by atoms with van der Waals surface area (Å²) < 4.78 is 5.65. The topological polar surface area (TPSA) is 53.6 Å². The van der Waals surface area contributed by atoms with Crippen LogP contribution in [0.4, 0.5) is 5.69 Å². The number of ether oxygens (including phenoxy) is 1. The number of likely N-dealkylation sites (N-methyl/N-ethyl adjacent to an activating group) is 1. The third kappa shape index (κ3) is 3.40. The second-order valence-corrected chi connectivity index (χ2v) is 7.81. The van der Waals surface area contributed by atoms with Gasteiger partial charge in [0.2, 0.25) is 5.91 Å².